The summed E-state index contributed by atoms with van der Waals surface area (Å²) in [6.07, 6.45) is 0. The average molecular weight is 591 g/mol. The lowest BCUT2D eigenvalue weighted by Gasteiger charge is -2.14. The molecule has 4 aromatic rings. The number of thioether (sulfide) groups is 1. The van der Waals surface area contributed by atoms with Crippen LogP contribution in [0.4, 0.5) is 5.13 Å². The molecule has 0 unspecified atom stereocenters. The normalized spacial score (nSPS) is 10.8. The van der Waals surface area contributed by atoms with E-state index in [0.29, 0.717) is 39.9 Å². The number of methoxy groups -OCH3 is 3. The molecule has 0 aliphatic heterocycles. The highest BCUT2D eigenvalue weighted by Gasteiger charge is 2.20. The third kappa shape index (κ3) is 5.66. The largest absolute Gasteiger partial charge is 0.493 e. The summed E-state index contributed by atoms with van der Waals surface area (Å²) in [5.41, 5.74) is 2.56. The van der Waals surface area contributed by atoms with E-state index in [9.17, 15) is 4.79 Å². The monoisotopic (exact) mass is 589 g/mol. The van der Waals surface area contributed by atoms with Crippen LogP contribution >= 0.6 is 39.0 Å². The van der Waals surface area contributed by atoms with Crippen LogP contribution in [-0.4, -0.2) is 52.7 Å². The summed E-state index contributed by atoms with van der Waals surface area (Å²) in [4.78, 5) is 17.1. The summed E-state index contributed by atoms with van der Waals surface area (Å²) in [7, 11) is 4.69. The molecule has 2 aromatic heterocycles. The number of rotatable bonds is 10. The van der Waals surface area contributed by atoms with Crippen LogP contribution < -0.4 is 19.5 Å². The van der Waals surface area contributed by atoms with E-state index >= 15 is 0 Å². The van der Waals surface area contributed by atoms with Crippen molar-refractivity contribution in [1.29, 1.82) is 0 Å². The van der Waals surface area contributed by atoms with E-state index in [1.165, 1.54) is 23.1 Å². The molecule has 0 aliphatic rings. The first-order chi connectivity index (χ1) is 17.5. The van der Waals surface area contributed by atoms with Gasteiger partial charge in [-0.2, -0.15) is 0 Å². The number of carbonyl (C=O) groups excluding carboxylic acids is 1. The topological polar surface area (TPSA) is 100 Å². The molecule has 4 rings (SSSR count). The number of thiazole rings is 1. The van der Waals surface area contributed by atoms with Gasteiger partial charge in [-0.1, -0.05) is 39.8 Å². The van der Waals surface area contributed by atoms with Crippen LogP contribution in [0.25, 0.3) is 22.6 Å². The lowest BCUT2D eigenvalue weighted by Crippen LogP contribution is -2.14. The molecular weight excluding hydrogens is 566 g/mol. The molecule has 0 fully saturated rings. The Morgan fingerprint density at radius 3 is 2.36 bits per heavy atom. The molecule has 188 valence electrons. The molecule has 1 amide bonds. The van der Waals surface area contributed by atoms with Crippen molar-refractivity contribution >= 4 is 50.1 Å². The van der Waals surface area contributed by atoms with Crippen LogP contribution in [-0.2, 0) is 11.3 Å². The molecule has 0 aliphatic carbocycles. The number of hydrogen-bond acceptors (Lipinski definition) is 9. The first-order valence-corrected chi connectivity index (χ1v) is 13.5. The van der Waals surface area contributed by atoms with Gasteiger partial charge in [0.2, 0.25) is 11.7 Å². The first kappa shape index (κ1) is 26.0. The lowest BCUT2D eigenvalue weighted by molar-refractivity contribution is -0.113. The Hall–Kier alpha value is -3.09. The van der Waals surface area contributed by atoms with Gasteiger partial charge in [-0.25, -0.2) is 4.98 Å². The Morgan fingerprint density at radius 1 is 1.06 bits per heavy atom. The number of amides is 1. The number of carbonyl (C=O) groups is 1. The summed E-state index contributed by atoms with van der Waals surface area (Å²) < 4.78 is 19.3. The van der Waals surface area contributed by atoms with Crippen LogP contribution in [0.3, 0.4) is 0 Å². The second-order valence-corrected chi connectivity index (χ2v) is 10.1. The molecule has 2 aromatic carbocycles. The maximum absolute atomic E-state index is 12.6. The van der Waals surface area contributed by atoms with Crippen LogP contribution in [0.5, 0.6) is 17.2 Å². The number of nitrogens with one attached hydrogen (secondary N) is 1. The van der Waals surface area contributed by atoms with Crippen LogP contribution in [0.15, 0.2) is 51.4 Å². The molecule has 9 nitrogen and oxygen atoms in total. The molecule has 0 atom stereocenters. The highest BCUT2D eigenvalue weighted by Crippen LogP contribution is 2.41. The Labute approximate surface area is 225 Å². The van der Waals surface area contributed by atoms with E-state index in [-0.39, 0.29) is 11.7 Å². The van der Waals surface area contributed by atoms with E-state index in [1.54, 1.807) is 21.3 Å². The SMILES string of the molecule is CCn1c(SCC(=O)Nc2nc(-c3ccc(Br)cc3)cs2)nnc1-c1cc(OC)c(OC)c(OC)c1. The average Bonchev–Trinajstić information content (AvgIpc) is 3.53. The van der Waals surface area contributed by atoms with Gasteiger partial charge in [-0.3, -0.25) is 4.79 Å². The zero-order valence-electron chi connectivity index (χ0n) is 20.1. The lowest BCUT2D eigenvalue weighted by atomic mass is 10.1. The number of ether oxygens (including phenoxy) is 3. The van der Waals surface area contributed by atoms with Gasteiger partial charge in [0.25, 0.3) is 0 Å². The molecule has 12 heteroatoms. The predicted octanol–water partition coefficient (Wildman–Crippen LogP) is 5.61. The molecule has 0 saturated heterocycles. The van der Waals surface area contributed by atoms with E-state index in [4.69, 9.17) is 14.2 Å². The van der Waals surface area contributed by atoms with Crippen molar-refractivity contribution in [1.82, 2.24) is 19.7 Å². The minimum Gasteiger partial charge on any atom is -0.493 e. The van der Waals surface area contributed by atoms with Crippen molar-refractivity contribution in [3.63, 3.8) is 0 Å². The number of benzene rings is 2. The Kier molecular flexibility index (Phi) is 8.49. The standard InChI is InChI=1S/C24H24BrN5O4S2/c1-5-30-22(15-10-18(32-2)21(34-4)19(11-15)33-3)28-29-24(30)36-13-20(31)27-23-26-17(12-35-23)14-6-8-16(25)9-7-14/h6-12H,5,13H2,1-4H3,(H,26,27,31). The van der Waals surface area contributed by atoms with Crippen LogP contribution in [0, 0.1) is 0 Å². The van der Waals surface area contributed by atoms with Crippen molar-refractivity contribution in [2.75, 3.05) is 32.4 Å². The number of aromatic nitrogens is 4. The quantitative estimate of drug-likeness (QED) is 0.238. The maximum atomic E-state index is 12.6. The van der Waals surface area contributed by atoms with Gasteiger partial charge >= 0.3 is 0 Å². The third-order valence-electron chi connectivity index (χ3n) is 5.18. The zero-order chi connectivity index (χ0) is 25.7. The van der Waals surface area contributed by atoms with Gasteiger partial charge in [0.1, 0.15) is 0 Å². The number of hydrogen-bond donors (Lipinski definition) is 1. The summed E-state index contributed by atoms with van der Waals surface area (Å²) in [5.74, 6) is 2.19. The van der Waals surface area contributed by atoms with Crippen molar-refractivity contribution in [3.8, 4) is 39.9 Å². The van der Waals surface area contributed by atoms with Gasteiger partial charge in [0.15, 0.2) is 27.6 Å². The third-order valence-corrected chi connectivity index (χ3v) is 7.43. The molecule has 0 bridgehead atoms. The Balaban J connectivity index is 1.46. The number of halogens is 1. The summed E-state index contributed by atoms with van der Waals surface area (Å²) in [6, 6.07) is 11.5. The van der Waals surface area contributed by atoms with Gasteiger partial charge in [-0.15, -0.1) is 21.5 Å². The molecule has 0 saturated carbocycles. The second-order valence-electron chi connectivity index (χ2n) is 7.35. The number of anilines is 1. The van der Waals surface area contributed by atoms with Crippen molar-refractivity contribution < 1.29 is 19.0 Å². The predicted molar refractivity (Wildman–Crippen MR) is 145 cm³/mol. The van der Waals surface area contributed by atoms with Gasteiger partial charge in [-0.05, 0) is 31.2 Å². The van der Waals surface area contributed by atoms with E-state index in [2.05, 4.69) is 36.4 Å². The molecule has 2 heterocycles. The van der Waals surface area contributed by atoms with Gasteiger partial charge in [0.05, 0.1) is 32.8 Å². The minimum atomic E-state index is -0.170. The van der Waals surface area contributed by atoms with Crippen LogP contribution in [0.1, 0.15) is 6.92 Å². The molecule has 0 spiro atoms. The number of nitrogens with zero attached hydrogens (tertiary/aromatic N) is 4. The van der Waals surface area contributed by atoms with Crippen molar-refractivity contribution in [2.24, 2.45) is 0 Å². The van der Waals surface area contributed by atoms with E-state index in [0.717, 1.165) is 21.3 Å². The Bertz CT molecular complexity index is 1330. The van der Waals surface area contributed by atoms with Crippen molar-refractivity contribution in [2.45, 2.75) is 18.6 Å². The fourth-order valence-corrected chi connectivity index (χ4v) is 5.28. The van der Waals surface area contributed by atoms with Crippen molar-refractivity contribution in [3.05, 3.63) is 46.3 Å². The van der Waals surface area contributed by atoms with E-state index < -0.39 is 0 Å². The maximum Gasteiger partial charge on any atom is 0.236 e. The summed E-state index contributed by atoms with van der Waals surface area (Å²) in [5, 5.41) is 14.6. The molecule has 1 N–H and O–H groups in total. The molecular formula is C24H24BrN5O4S2. The summed E-state index contributed by atoms with van der Waals surface area (Å²) >= 11 is 6.13. The first-order valence-electron chi connectivity index (χ1n) is 10.8. The fraction of sp³-hybridized carbons (Fsp3) is 0.250. The van der Waals surface area contributed by atoms with Gasteiger partial charge < -0.3 is 24.1 Å². The second kappa shape index (κ2) is 11.8. The smallest absolute Gasteiger partial charge is 0.236 e. The van der Waals surface area contributed by atoms with E-state index in [1.807, 2.05) is 53.3 Å². The van der Waals surface area contributed by atoms with Crippen LogP contribution in [0.2, 0.25) is 0 Å². The highest BCUT2D eigenvalue weighted by atomic mass is 79.9. The fourth-order valence-electron chi connectivity index (χ4n) is 3.47. The molecule has 0 radical (unpaired) electrons. The van der Waals surface area contributed by atoms with Gasteiger partial charge in [0, 0.05) is 27.5 Å². The molecule has 36 heavy (non-hydrogen) atoms. The summed E-state index contributed by atoms with van der Waals surface area (Å²) in [6.45, 7) is 2.61. The zero-order valence-corrected chi connectivity index (χ0v) is 23.3. The minimum absolute atomic E-state index is 0.167. The highest BCUT2D eigenvalue weighted by molar-refractivity contribution is 9.10. The Morgan fingerprint density at radius 2 is 1.75 bits per heavy atom.